The van der Waals surface area contributed by atoms with E-state index >= 15 is 0 Å². The van der Waals surface area contributed by atoms with Crippen molar-refractivity contribution in [1.29, 1.82) is 0 Å². The predicted octanol–water partition coefficient (Wildman–Crippen LogP) is 0.447. The van der Waals surface area contributed by atoms with E-state index < -0.39 is 10.0 Å². The maximum absolute atomic E-state index is 12.7. The van der Waals surface area contributed by atoms with Crippen LogP contribution in [0.1, 0.15) is 44.9 Å². The third-order valence-corrected chi connectivity index (χ3v) is 8.87. The molecule has 3 unspecified atom stereocenters. The van der Waals surface area contributed by atoms with Crippen LogP contribution in [0.25, 0.3) is 0 Å². The van der Waals surface area contributed by atoms with Crippen LogP contribution in [0.2, 0.25) is 0 Å². The first-order valence-corrected chi connectivity index (χ1v) is 13.1. The molecule has 3 N–H and O–H groups in total. The summed E-state index contributed by atoms with van der Waals surface area (Å²) in [5.41, 5.74) is 0. The van der Waals surface area contributed by atoms with Crippen LogP contribution in [0.4, 0.5) is 0 Å². The predicted molar refractivity (Wildman–Crippen MR) is 118 cm³/mol. The molecular weight excluding hydrogens is 416 g/mol. The van der Waals surface area contributed by atoms with Crippen molar-refractivity contribution in [3.63, 3.8) is 0 Å². The van der Waals surface area contributed by atoms with Gasteiger partial charge in [0.05, 0.1) is 6.04 Å². The monoisotopic (exact) mass is 452 g/mol. The van der Waals surface area contributed by atoms with Gasteiger partial charge in [-0.25, -0.2) is 8.42 Å². The molecule has 9 nitrogen and oxygen atoms in total. The second-order valence-electron chi connectivity index (χ2n) is 9.28. The molecule has 3 atom stereocenters. The highest BCUT2D eigenvalue weighted by Crippen LogP contribution is 2.27. The fourth-order valence-corrected chi connectivity index (χ4v) is 6.62. The van der Waals surface area contributed by atoms with Crippen molar-refractivity contribution in [3.05, 3.63) is 12.3 Å². The summed E-state index contributed by atoms with van der Waals surface area (Å²) < 4.78 is 28.4. The van der Waals surface area contributed by atoms with E-state index in [-0.39, 0.29) is 17.0 Å². The van der Waals surface area contributed by atoms with Gasteiger partial charge in [-0.05, 0) is 63.1 Å². The number of piperidine rings is 2. The summed E-state index contributed by atoms with van der Waals surface area (Å²) in [7, 11) is -1.75. The highest BCUT2D eigenvalue weighted by atomic mass is 32.2. The molecule has 10 heteroatoms. The van der Waals surface area contributed by atoms with Gasteiger partial charge in [-0.2, -0.15) is 9.40 Å². The van der Waals surface area contributed by atoms with Crippen LogP contribution < -0.4 is 16.0 Å². The number of aryl methyl sites for hydroxylation is 1. The zero-order chi connectivity index (χ0) is 21.8. The first-order chi connectivity index (χ1) is 14.9. The van der Waals surface area contributed by atoms with Crippen molar-refractivity contribution < 1.29 is 13.2 Å². The summed E-state index contributed by atoms with van der Waals surface area (Å²) >= 11 is 0. The summed E-state index contributed by atoms with van der Waals surface area (Å²) in [5.74, 6) is 1.28. The number of nitrogens with zero attached hydrogens (tertiary/aromatic N) is 3. The van der Waals surface area contributed by atoms with Gasteiger partial charge in [0.15, 0.2) is 5.03 Å². The Balaban J connectivity index is 1.10. The number of carbonyl (C=O) groups excluding carboxylic acids is 1. The number of hydrogen-bond donors (Lipinski definition) is 3. The lowest BCUT2D eigenvalue weighted by Gasteiger charge is -2.30. The molecule has 3 fully saturated rings. The average Bonchev–Trinajstić information content (AvgIpc) is 3.40. The quantitative estimate of drug-likeness (QED) is 0.494. The van der Waals surface area contributed by atoms with E-state index in [1.165, 1.54) is 4.68 Å². The second kappa shape index (κ2) is 9.97. The Labute approximate surface area is 185 Å². The minimum Gasteiger partial charge on any atom is -0.355 e. The molecule has 0 saturated carbocycles. The van der Waals surface area contributed by atoms with Crippen LogP contribution in [0, 0.1) is 11.8 Å². The van der Waals surface area contributed by atoms with Crippen LogP contribution in [-0.4, -0.2) is 73.2 Å². The van der Waals surface area contributed by atoms with E-state index in [1.807, 2.05) is 0 Å². The molecule has 0 spiro atoms. The molecule has 3 aliphatic heterocycles. The van der Waals surface area contributed by atoms with Gasteiger partial charge in [0.2, 0.25) is 5.91 Å². The normalized spacial score (nSPS) is 27.8. The van der Waals surface area contributed by atoms with Crippen molar-refractivity contribution >= 4 is 15.9 Å². The molecule has 0 radical (unpaired) electrons. The Morgan fingerprint density at radius 1 is 1.26 bits per heavy atom. The Bertz CT molecular complexity index is 835. The van der Waals surface area contributed by atoms with E-state index in [9.17, 15) is 13.2 Å². The molecule has 31 heavy (non-hydrogen) atoms. The molecule has 1 amide bonds. The molecule has 0 bridgehead atoms. The lowest BCUT2D eigenvalue weighted by atomic mass is 9.92. The van der Waals surface area contributed by atoms with Gasteiger partial charge >= 0.3 is 0 Å². The van der Waals surface area contributed by atoms with Crippen LogP contribution in [-0.2, 0) is 21.9 Å². The van der Waals surface area contributed by atoms with Gasteiger partial charge in [-0.15, -0.1) is 0 Å². The number of sulfonamides is 1. The zero-order valence-electron chi connectivity index (χ0n) is 18.4. The number of nitrogens with one attached hydrogen (secondary N) is 3. The molecule has 0 aliphatic carbocycles. The largest absolute Gasteiger partial charge is 0.355 e. The lowest BCUT2D eigenvalue weighted by Crippen LogP contribution is -2.45. The van der Waals surface area contributed by atoms with Crippen molar-refractivity contribution in [2.75, 3.05) is 32.7 Å². The summed E-state index contributed by atoms with van der Waals surface area (Å²) in [4.78, 5) is 12.4. The van der Waals surface area contributed by atoms with Gasteiger partial charge in [-0.1, -0.05) is 12.8 Å². The highest BCUT2D eigenvalue weighted by Gasteiger charge is 2.38. The topological polar surface area (TPSA) is 108 Å². The molecule has 4 heterocycles. The molecule has 3 saturated heterocycles. The number of rotatable bonds is 8. The van der Waals surface area contributed by atoms with Crippen LogP contribution in [0.5, 0.6) is 0 Å². The van der Waals surface area contributed by atoms with Crippen molar-refractivity contribution in [2.45, 2.75) is 62.1 Å². The summed E-state index contributed by atoms with van der Waals surface area (Å²) in [6.45, 7) is 3.90. The smallest absolute Gasteiger partial charge is 0.262 e. The van der Waals surface area contributed by atoms with E-state index in [1.54, 1.807) is 23.6 Å². The number of aromatic nitrogens is 2. The first kappa shape index (κ1) is 22.7. The highest BCUT2D eigenvalue weighted by molar-refractivity contribution is 7.89. The first-order valence-electron chi connectivity index (χ1n) is 11.7. The van der Waals surface area contributed by atoms with E-state index in [2.05, 4.69) is 21.0 Å². The number of fused-ring (bicyclic) bond motifs is 1. The summed E-state index contributed by atoms with van der Waals surface area (Å²) in [6, 6.07) is 2.01. The zero-order valence-corrected chi connectivity index (χ0v) is 19.2. The maximum Gasteiger partial charge on any atom is 0.262 e. The lowest BCUT2D eigenvalue weighted by molar-refractivity contribution is -0.122. The fourth-order valence-electron chi connectivity index (χ4n) is 5.20. The van der Waals surface area contributed by atoms with Crippen molar-refractivity contribution in [3.8, 4) is 0 Å². The standard InChI is InChI=1S/C21H36N6O3S/c1-26-11-8-20(25-26)31(29,30)27-12-6-16(7-13-27)4-2-3-9-23-21(28)19-14-17-15-22-10-5-18(17)24-19/h8,11,16-19,22,24H,2-7,9-10,12-15H2,1H3,(H,23,28). The van der Waals surface area contributed by atoms with E-state index in [4.69, 9.17) is 0 Å². The molecule has 4 rings (SSSR count). The number of amides is 1. The Hall–Kier alpha value is -1.49. The Kier molecular flexibility index (Phi) is 7.30. The van der Waals surface area contributed by atoms with E-state index in [0.717, 1.165) is 64.6 Å². The Morgan fingerprint density at radius 3 is 2.77 bits per heavy atom. The van der Waals surface area contributed by atoms with Gasteiger partial charge in [0.25, 0.3) is 10.0 Å². The average molecular weight is 453 g/mol. The summed E-state index contributed by atoms with van der Waals surface area (Å²) in [6.07, 6.45) is 8.60. The summed E-state index contributed by atoms with van der Waals surface area (Å²) in [5, 5.41) is 14.2. The molecule has 0 aromatic carbocycles. The number of hydrogen-bond acceptors (Lipinski definition) is 6. The van der Waals surface area contributed by atoms with Gasteiger partial charge in [-0.3, -0.25) is 9.48 Å². The number of carbonyl (C=O) groups is 1. The van der Waals surface area contributed by atoms with Crippen LogP contribution in [0.15, 0.2) is 17.3 Å². The fraction of sp³-hybridized carbons (Fsp3) is 0.810. The third kappa shape index (κ3) is 5.47. The molecule has 1 aromatic heterocycles. The van der Waals surface area contributed by atoms with Gasteiger partial charge in [0.1, 0.15) is 0 Å². The molecule has 3 aliphatic rings. The molecule has 1 aromatic rings. The third-order valence-electron chi connectivity index (χ3n) is 7.08. The second-order valence-corrected chi connectivity index (χ2v) is 11.2. The number of unbranched alkanes of at least 4 members (excludes halogenated alkanes) is 1. The van der Waals surface area contributed by atoms with Crippen molar-refractivity contribution in [1.82, 2.24) is 30.0 Å². The maximum atomic E-state index is 12.7. The minimum atomic E-state index is -3.48. The van der Waals surface area contributed by atoms with E-state index in [0.29, 0.717) is 31.0 Å². The minimum absolute atomic E-state index is 0.0414. The van der Waals surface area contributed by atoms with Crippen molar-refractivity contribution in [2.24, 2.45) is 18.9 Å². The SMILES string of the molecule is Cn1ccc(S(=O)(=O)N2CCC(CCCCNC(=O)C3CC4CNCCC4N3)CC2)n1. The molecular formula is C21H36N6O3S. The van der Waals surface area contributed by atoms with Gasteiger partial charge in [0, 0.05) is 38.9 Å². The van der Waals surface area contributed by atoms with Gasteiger partial charge < -0.3 is 16.0 Å². The molecule has 174 valence electrons. The Morgan fingerprint density at radius 2 is 2.06 bits per heavy atom. The van der Waals surface area contributed by atoms with Crippen LogP contribution in [0.3, 0.4) is 0 Å². The van der Waals surface area contributed by atoms with Crippen LogP contribution >= 0.6 is 0 Å².